The van der Waals surface area contributed by atoms with Crippen LogP contribution >= 0.6 is 0 Å². The van der Waals surface area contributed by atoms with Crippen LogP contribution < -0.4 is 5.32 Å². The molecule has 1 aromatic carbocycles. The van der Waals surface area contributed by atoms with Crippen LogP contribution in [0.5, 0.6) is 0 Å². The summed E-state index contributed by atoms with van der Waals surface area (Å²) in [7, 11) is 0. The highest BCUT2D eigenvalue weighted by atomic mass is 19.1. The van der Waals surface area contributed by atoms with Gasteiger partial charge in [0.2, 0.25) is 5.89 Å². The Balaban J connectivity index is 2.12. The lowest BCUT2D eigenvalue weighted by Gasteiger charge is -2.18. The largest absolute Gasteiger partial charge is 0.444 e. The van der Waals surface area contributed by atoms with Crippen molar-refractivity contribution in [1.29, 1.82) is 0 Å². The van der Waals surface area contributed by atoms with Gasteiger partial charge in [-0.05, 0) is 18.1 Å². The van der Waals surface area contributed by atoms with Crippen molar-refractivity contribution in [3.8, 4) is 11.5 Å². The van der Waals surface area contributed by atoms with Crippen LogP contribution in [0.1, 0.15) is 19.5 Å². The van der Waals surface area contributed by atoms with E-state index in [2.05, 4.69) is 10.3 Å². The zero-order chi connectivity index (χ0) is 15.4. The Morgan fingerprint density at radius 3 is 2.52 bits per heavy atom. The molecular weight excluding hydrogens is 278 g/mol. The third-order valence-electron chi connectivity index (χ3n) is 3.28. The normalized spacial score (nSPS) is 12.9. The van der Waals surface area contributed by atoms with E-state index in [1.165, 1.54) is 12.3 Å². The molecule has 0 fully saturated rings. The molecule has 0 spiro atoms. The quantitative estimate of drug-likeness (QED) is 0.860. The van der Waals surface area contributed by atoms with Gasteiger partial charge in [-0.3, -0.25) is 0 Å². The van der Waals surface area contributed by atoms with E-state index in [1.54, 1.807) is 0 Å². The monoisotopic (exact) mass is 296 g/mol. The van der Waals surface area contributed by atoms with E-state index in [0.29, 0.717) is 12.2 Å². The molecule has 4 nitrogen and oxygen atoms in total. The first-order valence-corrected chi connectivity index (χ1v) is 6.76. The molecule has 1 atom stereocenters. The van der Waals surface area contributed by atoms with Gasteiger partial charge in [-0.25, -0.2) is 13.8 Å². The molecule has 1 aromatic heterocycles. The Labute approximate surface area is 121 Å². The molecule has 6 heteroatoms. The molecule has 0 amide bonds. The SMILES string of the molecule is CC(C)[C@@H](CO)NCc1coc(-c2c(F)cccc2F)n1. The Morgan fingerprint density at radius 1 is 1.29 bits per heavy atom. The highest BCUT2D eigenvalue weighted by molar-refractivity contribution is 5.55. The maximum Gasteiger partial charge on any atom is 0.232 e. The van der Waals surface area contributed by atoms with Crippen molar-refractivity contribution < 1.29 is 18.3 Å². The summed E-state index contributed by atoms with van der Waals surface area (Å²) in [6.45, 7) is 4.32. The molecule has 2 rings (SSSR count). The van der Waals surface area contributed by atoms with Gasteiger partial charge in [-0.1, -0.05) is 19.9 Å². The van der Waals surface area contributed by atoms with Gasteiger partial charge in [0, 0.05) is 12.6 Å². The molecule has 2 aromatic rings. The van der Waals surface area contributed by atoms with Crippen LogP contribution in [0.4, 0.5) is 8.78 Å². The summed E-state index contributed by atoms with van der Waals surface area (Å²) in [5.41, 5.74) is 0.248. The molecule has 0 aliphatic rings. The molecule has 0 saturated heterocycles. The smallest absolute Gasteiger partial charge is 0.232 e. The second-order valence-electron chi connectivity index (χ2n) is 5.15. The maximum absolute atomic E-state index is 13.6. The summed E-state index contributed by atoms with van der Waals surface area (Å²) in [6, 6.07) is 3.52. The Bertz CT molecular complexity index is 579. The van der Waals surface area contributed by atoms with Gasteiger partial charge in [0.1, 0.15) is 23.5 Å². The minimum atomic E-state index is -0.716. The summed E-state index contributed by atoms with van der Waals surface area (Å²) in [5, 5.41) is 12.3. The van der Waals surface area contributed by atoms with Crippen LogP contribution in [0.25, 0.3) is 11.5 Å². The first-order valence-electron chi connectivity index (χ1n) is 6.76. The molecule has 21 heavy (non-hydrogen) atoms. The predicted octanol–water partition coefficient (Wildman–Crippen LogP) is 2.73. The van der Waals surface area contributed by atoms with Crippen molar-refractivity contribution in [3.05, 3.63) is 41.8 Å². The summed E-state index contributed by atoms with van der Waals surface area (Å²) in [4.78, 5) is 4.08. The molecule has 2 N–H and O–H groups in total. The first kappa shape index (κ1) is 15.6. The van der Waals surface area contributed by atoms with Gasteiger partial charge in [-0.2, -0.15) is 0 Å². The lowest BCUT2D eigenvalue weighted by atomic mass is 10.1. The number of hydrogen-bond donors (Lipinski definition) is 2. The zero-order valence-corrected chi connectivity index (χ0v) is 11.9. The minimum Gasteiger partial charge on any atom is -0.444 e. The van der Waals surface area contributed by atoms with Crippen molar-refractivity contribution in [2.24, 2.45) is 5.92 Å². The fourth-order valence-electron chi connectivity index (χ4n) is 1.95. The average molecular weight is 296 g/mol. The highest BCUT2D eigenvalue weighted by Gasteiger charge is 2.17. The van der Waals surface area contributed by atoms with E-state index < -0.39 is 11.6 Å². The number of aliphatic hydroxyl groups excluding tert-OH is 1. The van der Waals surface area contributed by atoms with Crippen LogP contribution in [0.15, 0.2) is 28.9 Å². The lowest BCUT2D eigenvalue weighted by Crippen LogP contribution is -2.36. The molecule has 0 bridgehead atoms. The molecule has 0 aliphatic carbocycles. The third-order valence-corrected chi connectivity index (χ3v) is 3.28. The Morgan fingerprint density at radius 2 is 1.95 bits per heavy atom. The summed E-state index contributed by atoms with van der Waals surface area (Å²) < 4.78 is 32.4. The van der Waals surface area contributed by atoms with Crippen molar-refractivity contribution >= 4 is 0 Å². The number of nitrogens with zero attached hydrogens (tertiary/aromatic N) is 1. The van der Waals surface area contributed by atoms with E-state index >= 15 is 0 Å². The lowest BCUT2D eigenvalue weighted by molar-refractivity contribution is 0.209. The summed E-state index contributed by atoms with van der Waals surface area (Å²) in [6.07, 6.45) is 1.35. The van der Waals surface area contributed by atoms with Gasteiger partial charge in [0.25, 0.3) is 0 Å². The number of halogens is 2. The van der Waals surface area contributed by atoms with Crippen LogP contribution in [0.2, 0.25) is 0 Å². The predicted molar refractivity (Wildman–Crippen MR) is 74.4 cm³/mol. The Hall–Kier alpha value is -1.79. The van der Waals surface area contributed by atoms with Crippen molar-refractivity contribution in [1.82, 2.24) is 10.3 Å². The van der Waals surface area contributed by atoms with Gasteiger partial charge in [0.15, 0.2) is 0 Å². The van der Waals surface area contributed by atoms with Gasteiger partial charge >= 0.3 is 0 Å². The zero-order valence-electron chi connectivity index (χ0n) is 11.9. The van der Waals surface area contributed by atoms with E-state index in [4.69, 9.17) is 4.42 Å². The summed E-state index contributed by atoms with van der Waals surface area (Å²) >= 11 is 0. The fraction of sp³-hybridized carbons (Fsp3) is 0.400. The topological polar surface area (TPSA) is 58.3 Å². The Kier molecular flexibility index (Phi) is 5.03. The third kappa shape index (κ3) is 3.65. The van der Waals surface area contributed by atoms with Gasteiger partial charge in [0.05, 0.1) is 12.3 Å². The molecule has 0 aliphatic heterocycles. The van der Waals surface area contributed by atoms with Gasteiger partial charge in [-0.15, -0.1) is 0 Å². The van der Waals surface area contributed by atoms with E-state index in [9.17, 15) is 13.9 Å². The molecule has 0 unspecified atom stereocenters. The molecule has 0 saturated carbocycles. The van der Waals surface area contributed by atoms with Crippen LogP contribution in [0, 0.1) is 17.6 Å². The molecule has 0 radical (unpaired) electrons. The minimum absolute atomic E-state index is 0.00428. The maximum atomic E-state index is 13.6. The van der Waals surface area contributed by atoms with Crippen molar-refractivity contribution in [2.75, 3.05) is 6.61 Å². The van der Waals surface area contributed by atoms with Crippen LogP contribution in [-0.4, -0.2) is 22.7 Å². The number of hydrogen-bond acceptors (Lipinski definition) is 4. The summed E-state index contributed by atoms with van der Waals surface area (Å²) in [5.74, 6) is -1.27. The highest BCUT2D eigenvalue weighted by Crippen LogP contribution is 2.25. The average Bonchev–Trinajstić information content (AvgIpc) is 2.87. The second kappa shape index (κ2) is 6.78. The number of aliphatic hydroxyl groups is 1. The fourth-order valence-corrected chi connectivity index (χ4v) is 1.95. The van der Waals surface area contributed by atoms with Crippen LogP contribution in [-0.2, 0) is 6.54 Å². The van der Waals surface area contributed by atoms with E-state index in [-0.39, 0.29) is 30.0 Å². The number of nitrogens with one attached hydrogen (secondary N) is 1. The standard InChI is InChI=1S/C15H18F2N2O2/c1-9(2)13(7-20)18-6-10-8-21-15(19-10)14-11(16)4-3-5-12(14)17/h3-5,8-9,13,18,20H,6-7H2,1-2H3/t13-/m1/s1. The molecule has 1 heterocycles. The van der Waals surface area contributed by atoms with Crippen molar-refractivity contribution in [2.45, 2.75) is 26.4 Å². The molecule has 114 valence electrons. The van der Waals surface area contributed by atoms with Crippen LogP contribution in [0.3, 0.4) is 0 Å². The van der Waals surface area contributed by atoms with E-state index in [0.717, 1.165) is 12.1 Å². The van der Waals surface area contributed by atoms with Crippen molar-refractivity contribution in [3.63, 3.8) is 0 Å². The second-order valence-corrected chi connectivity index (χ2v) is 5.15. The van der Waals surface area contributed by atoms with E-state index in [1.807, 2.05) is 13.8 Å². The number of rotatable bonds is 6. The first-order chi connectivity index (χ1) is 10.0. The van der Waals surface area contributed by atoms with Gasteiger partial charge < -0.3 is 14.8 Å². The molecular formula is C15H18F2N2O2. The number of oxazole rings is 1. The number of aromatic nitrogens is 1. The number of benzene rings is 1.